The number of pyridine rings is 1. The van der Waals surface area contributed by atoms with E-state index in [2.05, 4.69) is 25.4 Å². The van der Waals surface area contributed by atoms with Crippen LogP contribution >= 0.6 is 12.4 Å². The molecule has 2 aromatic rings. The average Bonchev–Trinajstić information content (AvgIpc) is 2.92. The molecule has 1 fully saturated rings. The maximum Gasteiger partial charge on any atom is 0.358 e. The summed E-state index contributed by atoms with van der Waals surface area (Å²) in [6.07, 6.45) is 1.71. The second-order valence-corrected chi connectivity index (χ2v) is 4.58. The van der Waals surface area contributed by atoms with Gasteiger partial charge in [0.1, 0.15) is 11.0 Å². The van der Waals surface area contributed by atoms with Gasteiger partial charge in [-0.25, -0.2) is 4.79 Å². The number of nitrogens with zero attached hydrogens (tertiary/aromatic N) is 3. The Morgan fingerprint density at radius 3 is 2.86 bits per heavy atom. The molecule has 0 radical (unpaired) electrons. The van der Waals surface area contributed by atoms with Crippen LogP contribution in [0.25, 0.3) is 11.0 Å². The number of hydrogen-bond donors (Lipinski definition) is 2. The maximum absolute atomic E-state index is 11.9. The molecule has 0 atom stereocenters. The fourth-order valence-corrected chi connectivity index (χ4v) is 2.41. The average molecular weight is 312 g/mol. The van der Waals surface area contributed by atoms with E-state index in [1.54, 1.807) is 13.1 Å². The summed E-state index contributed by atoms with van der Waals surface area (Å²) in [6, 6.07) is 1.93. The molecule has 8 heteroatoms. The molecule has 0 unspecified atom stereocenters. The van der Waals surface area contributed by atoms with Crippen LogP contribution in [0.3, 0.4) is 0 Å². The van der Waals surface area contributed by atoms with Crippen molar-refractivity contribution in [2.24, 2.45) is 0 Å². The molecular formula is C13H18ClN5O2. The Labute approximate surface area is 128 Å². The van der Waals surface area contributed by atoms with Crippen LogP contribution in [0, 0.1) is 0 Å². The Kier molecular flexibility index (Phi) is 4.98. The highest BCUT2D eigenvalue weighted by atomic mass is 35.5. The van der Waals surface area contributed by atoms with Crippen molar-refractivity contribution in [3.8, 4) is 0 Å². The molecule has 3 rings (SSSR count). The smallest absolute Gasteiger partial charge is 0.358 e. The van der Waals surface area contributed by atoms with Gasteiger partial charge in [0, 0.05) is 32.4 Å². The van der Waals surface area contributed by atoms with Crippen LogP contribution < -0.4 is 10.2 Å². The van der Waals surface area contributed by atoms with Crippen molar-refractivity contribution in [1.82, 2.24) is 20.5 Å². The van der Waals surface area contributed by atoms with Gasteiger partial charge in [0.2, 0.25) is 0 Å². The zero-order valence-electron chi connectivity index (χ0n) is 11.8. The molecular weight excluding hydrogens is 294 g/mol. The van der Waals surface area contributed by atoms with Crippen LogP contribution in [0.2, 0.25) is 0 Å². The van der Waals surface area contributed by atoms with E-state index in [1.807, 2.05) is 6.07 Å². The van der Waals surface area contributed by atoms with E-state index in [4.69, 9.17) is 4.74 Å². The zero-order valence-corrected chi connectivity index (χ0v) is 12.6. The normalized spacial score (nSPS) is 14.8. The van der Waals surface area contributed by atoms with Crippen LogP contribution in [0.1, 0.15) is 17.4 Å². The van der Waals surface area contributed by atoms with Crippen molar-refractivity contribution in [2.75, 3.05) is 37.7 Å². The lowest BCUT2D eigenvalue weighted by molar-refractivity contribution is 0.0521. The van der Waals surface area contributed by atoms with Gasteiger partial charge in [-0.3, -0.25) is 10.1 Å². The Hall–Kier alpha value is -1.86. The topological polar surface area (TPSA) is 83.1 Å². The van der Waals surface area contributed by atoms with E-state index in [1.165, 1.54) is 0 Å². The lowest BCUT2D eigenvalue weighted by atomic mass is 10.2. The van der Waals surface area contributed by atoms with Crippen LogP contribution in [-0.4, -0.2) is 53.9 Å². The van der Waals surface area contributed by atoms with Crippen molar-refractivity contribution in [3.63, 3.8) is 0 Å². The summed E-state index contributed by atoms with van der Waals surface area (Å²) in [7, 11) is 0. The second kappa shape index (κ2) is 6.73. The summed E-state index contributed by atoms with van der Waals surface area (Å²) in [5.41, 5.74) is 2.61. The zero-order chi connectivity index (χ0) is 13.9. The standard InChI is InChI=1S/C13H17N5O2.ClH/c1-2-20-13(19)12-11-10(16-17-12)9(3-4-15-11)18-7-5-14-6-8-18;/h3-4,14H,2,5-8H2,1H3,(H,16,17);1H. The molecule has 2 aromatic heterocycles. The van der Waals surface area contributed by atoms with Gasteiger partial charge in [-0.05, 0) is 13.0 Å². The van der Waals surface area contributed by atoms with Gasteiger partial charge in [0.05, 0.1) is 12.3 Å². The first kappa shape index (κ1) is 15.5. The van der Waals surface area contributed by atoms with E-state index < -0.39 is 5.97 Å². The SMILES string of the molecule is CCOC(=O)c1[nH]nc2c(N3CCNCC3)ccnc12.Cl. The fraction of sp³-hybridized carbons (Fsp3) is 0.462. The van der Waals surface area contributed by atoms with Crippen molar-refractivity contribution >= 4 is 35.1 Å². The highest BCUT2D eigenvalue weighted by Crippen LogP contribution is 2.25. The summed E-state index contributed by atoms with van der Waals surface area (Å²) < 4.78 is 5.01. The minimum Gasteiger partial charge on any atom is -0.461 e. The number of aromatic amines is 1. The van der Waals surface area contributed by atoms with Crippen LogP contribution in [0.15, 0.2) is 12.3 Å². The van der Waals surface area contributed by atoms with Gasteiger partial charge in [-0.2, -0.15) is 5.10 Å². The van der Waals surface area contributed by atoms with E-state index in [-0.39, 0.29) is 12.4 Å². The van der Waals surface area contributed by atoms with Gasteiger partial charge < -0.3 is 15.0 Å². The largest absolute Gasteiger partial charge is 0.461 e. The molecule has 114 valence electrons. The number of rotatable bonds is 3. The van der Waals surface area contributed by atoms with Crippen molar-refractivity contribution in [2.45, 2.75) is 6.92 Å². The first-order chi connectivity index (χ1) is 9.81. The lowest BCUT2D eigenvalue weighted by Crippen LogP contribution is -2.43. The summed E-state index contributed by atoms with van der Waals surface area (Å²) in [5, 5.41) is 10.3. The Bertz CT molecular complexity index is 624. The molecule has 2 N–H and O–H groups in total. The molecule has 0 aromatic carbocycles. The van der Waals surface area contributed by atoms with Crippen molar-refractivity contribution in [1.29, 1.82) is 0 Å². The molecule has 0 aliphatic carbocycles. The number of piperazine rings is 1. The Morgan fingerprint density at radius 2 is 2.14 bits per heavy atom. The molecule has 3 heterocycles. The summed E-state index contributed by atoms with van der Waals surface area (Å²) >= 11 is 0. The number of hydrogen-bond acceptors (Lipinski definition) is 6. The van der Waals surface area contributed by atoms with Crippen molar-refractivity contribution < 1.29 is 9.53 Å². The number of anilines is 1. The molecule has 0 spiro atoms. The van der Waals surface area contributed by atoms with Crippen LogP contribution in [0.5, 0.6) is 0 Å². The van der Waals surface area contributed by atoms with E-state index in [0.717, 1.165) is 37.4 Å². The highest BCUT2D eigenvalue weighted by Gasteiger charge is 2.20. The third-order valence-corrected chi connectivity index (χ3v) is 3.36. The van der Waals surface area contributed by atoms with Gasteiger partial charge in [-0.15, -0.1) is 12.4 Å². The van der Waals surface area contributed by atoms with E-state index in [9.17, 15) is 4.79 Å². The third-order valence-electron chi connectivity index (χ3n) is 3.36. The fourth-order valence-electron chi connectivity index (χ4n) is 2.41. The summed E-state index contributed by atoms with van der Waals surface area (Å²) in [5.74, 6) is -0.417. The molecule has 1 saturated heterocycles. The number of H-pyrrole nitrogens is 1. The predicted octanol–water partition coefficient (Wildman–Crippen LogP) is 0.966. The van der Waals surface area contributed by atoms with Gasteiger partial charge in [-0.1, -0.05) is 0 Å². The first-order valence-corrected chi connectivity index (χ1v) is 6.77. The molecule has 0 bridgehead atoms. The highest BCUT2D eigenvalue weighted by molar-refractivity contribution is 6.03. The number of carbonyl (C=O) groups is 1. The van der Waals surface area contributed by atoms with Gasteiger partial charge >= 0.3 is 5.97 Å². The second-order valence-electron chi connectivity index (χ2n) is 4.58. The number of esters is 1. The Morgan fingerprint density at radius 1 is 1.38 bits per heavy atom. The van der Waals surface area contributed by atoms with Crippen LogP contribution in [0.4, 0.5) is 5.69 Å². The quantitative estimate of drug-likeness (QED) is 0.822. The molecule has 0 amide bonds. The third kappa shape index (κ3) is 2.93. The number of ether oxygens (including phenoxy) is 1. The van der Waals surface area contributed by atoms with Crippen molar-refractivity contribution in [3.05, 3.63) is 18.0 Å². The lowest BCUT2D eigenvalue weighted by Gasteiger charge is -2.29. The minimum absolute atomic E-state index is 0. The predicted molar refractivity (Wildman–Crippen MR) is 82.2 cm³/mol. The number of nitrogens with one attached hydrogen (secondary N) is 2. The van der Waals surface area contributed by atoms with E-state index >= 15 is 0 Å². The minimum atomic E-state index is -0.417. The number of fused-ring (bicyclic) bond motifs is 1. The van der Waals surface area contributed by atoms with Gasteiger partial charge in [0.15, 0.2) is 5.69 Å². The maximum atomic E-state index is 11.9. The molecule has 21 heavy (non-hydrogen) atoms. The number of carbonyl (C=O) groups excluding carboxylic acids is 1. The van der Waals surface area contributed by atoms with E-state index in [0.29, 0.717) is 17.8 Å². The van der Waals surface area contributed by atoms with Gasteiger partial charge in [0.25, 0.3) is 0 Å². The Balaban J connectivity index is 0.00000161. The first-order valence-electron chi connectivity index (χ1n) is 6.77. The summed E-state index contributed by atoms with van der Waals surface area (Å²) in [4.78, 5) is 18.4. The molecule has 0 saturated carbocycles. The number of aromatic nitrogens is 3. The molecule has 1 aliphatic rings. The molecule has 1 aliphatic heterocycles. The molecule has 7 nitrogen and oxygen atoms in total. The van der Waals surface area contributed by atoms with Crippen LogP contribution in [-0.2, 0) is 4.74 Å². The summed E-state index contributed by atoms with van der Waals surface area (Å²) in [6.45, 7) is 5.83. The number of halogens is 1. The monoisotopic (exact) mass is 311 g/mol.